The van der Waals surface area contributed by atoms with E-state index in [0.29, 0.717) is 0 Å². The second-order valence-electron chi connectivity index (χ2n) is 35.4. The van der Waals surface area contributed by atoms with Gasteiger partial charge in [-0.25, -0.2) is 20.9 Å². The number of hydrazine groups is 2. The molecule has 0 aliphatic carbocycles. The van der Waals surface area contributed by atoms with Crippen LogP contribution in [0.5, 0.6) is 0 Å². The summed E-state index contributed by atoms with van der Waals surface area (Å²) in [6.45, 7) is 21.7. The molecule has 0 unspecified atom stereocenters. The molecule has 2 heterocycles. The molecule has 0 aromatic rings. The topological polar surface area (TPSA) is 30.5 Å². The number of unbranched alkanes of at least 4 members (excludes halogenated alkanes) is 58. The lowest BCUT2D eigenvalue weighted by molar-refractivity contribution is -0.167. The third-order valence-electron chi connectivity index (χ3n) is 26.1. The molecule has 0 aromatic heterocycles. The van der Waals surface area contributed by atoms with Gasteiger partial charge in [-0.15, -0.1) is 0 Å². The van der Waals surface area contributed by atoms with Crippen LogP contribution in [0.15, 0.2) is 0 Å². The molecule has 0 radical (unpaired) electrons. The molecule has 4 nitrogen and oxygen atoms in total. The van der Waals surface area contributed by atoms with Gasteiger partial charge in [0.25, 0.3) is 0 Å². The van der Waals surface area contributed by atoms with E-state index in [9.17, 15) is 0 Å². The fraction of sp³-hybridized carbons (Fsp3) is 1.00. The average Bonchev–Trinajstić information content (AvgIpc) is 0.750. The molecule has 598 valence electrons. The molecule has 0 saturated carbocycles. The summed E-state index contributed by atoms with van der Waals surface area (Å²) in [5.41, 5.74) is 11.1. The molecule has 2 aliphatic heterocycles. The van der Waals surface area contributed by atoms with Gasteiger partial charge in [0, 0.05) is 22.2 Å². The summed E-state index contributed by atoms with van der Waals surface area (Å²) in [4.78, 5) is 0. The van der Waals surface area contributed by atoms with Crippen LogP contribution in [0.25, 0.3) is 0 Å². The minimum absolute atomic E-state index is 0.215. The fourth-order valence-electron chi connectivity index (χ4n) is 19.7. The number of nitrogens with one attached hydrogen (secondary N) is 2. The Morgan fingerprint density at radius 3 is 0.460 bits per heavy atom. The molecule has 0 atom stereocenters. The van der Waals surface area contributed by atoms with Crippen LogP contribution in [0, 0.1) is 0 Å². The van der Waals surface area contributed by atoms with Crippen molar-refractivity contribution < 1.29 is 0 Å². The first-order valence-corrected chi connectivity index (χ1v) is 48.4. The van der Waals surface area contributed by atoms with Crippen molar-refractivity contribution >= 4 is 0 Å². The predicted octanol–water partition coefficient (Wildman–Crippen LogP) is 34.1. The van der Waals surface area contributed by atoms with E-state index in [0.717, 1.165) is 0 Å². The Bertz CT molecular complexity index is 1330. The first-order chi connectivity index (χ1) is 49.3. The fourth-order valence-corrected chi connectivity index (χ4v) is 19.7. The third-order valence-corrected chi connectivity index (χ3v) is 26.1. The normalized spacial score (nSPS) is 16.3. The second kappa shape index (κ2) is 69.3. The highest BCUT2D eigenvalue weighted by atomic mass is 15.7. The van der Waals surface area contributed by atoms with Crippen molar-refractivity contribution in [3.63, 3.8) is 0 Å². The van der Waals surface area contributed by atoms with Gasteiger partial charge < -0.3 is 0 Å². The minimum atomic E-state index is 0.215. The Hall–Kier alpha value is -0.160. The van der Waals surface area contributed by atoms with E-state index in [2.05, 4.69) is 72.3 Å². The maximum absolute atomic E-state index is 5.10. The molecule has 2 aliphatic rings. The van der Waals surface area contributed by atoms with Crippen LogP contribution in [-0.4, -0.2) is 38.3 Å². The Labute approximate surface area is 634 Å². The lowest BCUT2D eigenvalue weighted by Crippen LogP contribution is -2.75. The van der Waals surface area contributed by atoms with Crippen molar-refractivity contribution in [3.8, 4) is 0 Å². The van der Waals surface area contributed by atoms with Gasteiger partial charge >= 0.3 is 0 Å². The van der Waals surface area contributed by atoms with Crippen LogP contribution in [0.2, 0.25) is 0 Å². The average molecular weight is 1400 g/mol. The van der Waals surface area contributed by atoms with Crippen LogP contribution in [0.4, 0.5) is 0 Å². The van der Waals surface area contributed by atoms with Crippen LogP contribution in [0.1, 0.15) is 589 Å². The molecular weight excluding hydrogens is 1210 g/mol. The van der Waals surface area contributed by atoms with Crippen LogP contribution in [0.3, 0.4) is 0 Å². The quantitative estimate of drug-likeness (QED) is 0.0469. The molecular formula is C96H194N4. The molecule has 2 N–H and O–H groups in total. The number of piperidine rings is 2. The van der Waals surface area contributed by atoms with Gasteiger partial charge in [0.15, 0.2) is 0 Å². The molecule has 2 fully saturated rings. The summed E-state index contributed by atoms with van der Waals surface area (Å²) < 4.78 is 0. The molecule has 0 spiro atoms. The molecule has 0 aromatic carbocycles. The number of rotatable bonds is 80. The van der Waals surface area contributed by atoms with Gasteiger partial charge in [0.05, 0.1) is 6.17 Å². The third kappa shape index (κ3) is 46.3. The summed E-state index contributed by atoms with van der Waals surface area (Å²) in [7, 11) is 0. The molecule has 2 saturated heterocycles. The molecule has 0 amide bonds. The maximum Gasteiger partial charge on any atom is 0.0837 e. The molecule has 4 heteroatoms. The highest BCUT2D eigenvalue weighted by Gasteiger charge is 2.54. The second-order valence-corrected chi connectivity index (χ2v) is 35.4. The Balaban J connectivity index is 3.11. The van der Waals surface area contributed by atoms with Crippen molar-refractivity contribution in [1.82, 2.24) is 20.9 Å². The summed E-state index contributed by atoms with van der Waals surface area (Å²) in [5, 5.41) is 6.75. The first kappa shape index (κ1) is 95.9. The zero-order chi connectivity index (χ0) is 72.1. The van der Waals surface area contributed by atoms with Crippen molar-refractivity contribution in [1.29, 1.82) is 0 Å². The standard InChI is InChI=1S/C96H194N4/c1-10-19-28-36-44-52-60-69-80-93(81-70-61-53-45-37-29-20-11-2)88-77-89-94(82-71-62-54-46-38-30-21-12-3,83-72-63-55-47-39-31-22-13-4)99(93)97-92(79-68-27-18-9)98-100-95(84-73-64-56-48-40-32-23-14-5,85-74-65-57-49-41-33-24-15-6)90-78-91-96(100,86-75-66-58-50-42-34-25-16-7)87-76-67-59-51-43-35-26-17-8/h92,97-98H,10-91H2,1-9H3. The van der Waals surface area contributed by atoms with E-state index in [-0.39, 0.29) is 28.3 Å². The van der Waals surface area contributed by atoms with Crippen molar-refractivity contribution in [3.05, 3.63) is 0 Å². The largest absolute Gasteiger partial charge is 0.236 e. The molecule has 2 rings (SSSR count). The number of hydrogen-bond donors (Lipinski definition) is 2. The highest BCUT2D eigenvalue weighted by molar-refractivity contribution is 5.07. The van der Waals surface area contributed by atoms with Crippen molar-refractivity contribution in [2.75, 3.05) is 0 Å². The van der Waals surface area contributed by atoms with E-state index < -0.39 is 0 Å². The summed E-state index contributed by atoms with van der Waals surface area (Å²) in [6, 6.07) is 0. The Kier molecular flexibility index (Phi) is 66.5. The molecule has 100 heavy (non-hydrogen) atoms. The maximum atomic E-state index is 5.10. The monoisotopic (exact) mass is 1400 g/mol. The van der Waals surface area contributed by atoms with Gasteiger partial charge in [-0.1, -0.05) is 493 Å². The predicted molar refractivity (Wildman–Crippen MR) is 454 cm³/mol. The number of nitrogens with zero attached hydrogens (tertiary/aromatic N) is 2. The van der Waals surface area contributed by atoms with Gasteiger partial charge in [-0.2, -0.15) is 0 Å². The van der Waals surface area contributed by atoms with Crippen molar-refractivity contribution in [2.45, 2.75) is 617 Å². The summed E-state index contributed by atoms with van der Waals surface area (Å²) >= 11 is 0. The Morgan fingerprint density at radius 1 is 0.180 bits per heavy atom. The van der Waals surface area contributed by atoms with Crippen LogP contribution in [-0.2, 0) is 0 Å². The van der Waals surface area contributed by atoms with Gasteiger partial charge in [0.2, 0.25) is 0 Å². The zero-order valence-electron chi connectivity index (χ0n) is 71.5. The van der Waals surface area contributed by atoms with Gasteiger partial charge in [-0.3, -0.25) is 0 Å². The lowest BCUT2D eigenvalue weighted by Gasteiger charge is -2.62. The zero-order valence-corrected chi connectivity index (χ0v) is 71.5. The SMILES string of the molecule is CCCCCCCCCCC1(CCCCCCCCCC)CCCC(CCCCCCCCCC)(CCCCCCCCCC)N1NC(CCCCC)NN1C(CCCCCCCCCC)(CCCCCCCCCC)CCCC1(CCCCCCCCCC)CCCCCCCCCC. The van der Waals surface area contributed by atoms with Crippen LogP contribution < -0.4 is 10.9 Å². The Morgan fingerprint density at radius 2 is 0.310 bits per heavy atom. The lowest BCUT2D eigenvalue weighted by atomic mass is 9.69. The summed E-state index contributed by atoms with van der Waals surface area (Å²) in [5.74, 6) is 0. The van der Waals surface area contributed by atoms with E-state index in [1.54, 1.807) is 0 Å². The van der Waals surface area contributed by atoms with E-state index in [1.165, 1.54) is 527 Å². The smallest absolute Gasteiger partial charge is 0.0837 e. The van der Waals surface area contributed by atoms with Crippen molar-refractivity contribution in [2.24, 2.45) is 0 Å². The molecule has 0 bridgehead atoms. The first-order valence-electron chi connectivity index (χ1n) is 48.4. The minimum Gasteiger partial charge on any atom is -0.236 e. The van der Waals surface area contributed by atoms with E-state index in [4.69, 9.17) is 10.9 Å². The van der Waals surface area contributed by atoms with E-state index in [1.807, 2.05) is 0 Å². The number of hydrogen-bond acceptors (Lipinski definition) is 4. The van der Waals surface area contributed by atoms with Gasteiger partial charge in [-0.05, 0) is 96.3 Å². The summed E-state index contributed by atoms with van der Waals surface area (Å²) in [6.07, 6.45) is 117. The van der Waals surface area contributed by atoms with Crippen LogP contribution >= 0.6 is 0 Å². The highest BCUT2D eigenvalue weighted by Crippen LogP contribution is 2.51. The van der Waals surface area contributed by atoms with Gasteiger partial charge in [0.1, 0.15) is 0 Å². The van der Waals surface area contributed by atoms with E-state index >= 15 is 0 Å².